The molecule has 0 saturated carbocycles. The van der Waals surface area contributed by atoms with Gasteiger partial charge in [0.1, 0.15) is 5.82 Å². The second-order valence-electron chi connectivity index (χ2n) is 5.81. The summed E-state index contributed by atoms with van der Waals surface area (Å²) < 4.78 is 40.1. The zero-order chi connectivity index (χ0) is 17.0. The first-order chi connectivity index (χ1) is 10.8. The van der Waals surface area contributed by atoms with Crippen LogP contribution in [0.1, 0.15) is 18.4 Å². The van der Waals surface area contributed by atoms with E-state index >= 15 is 0 Å². The molecule has 136 valence electrons. The first-order valence-electron chi connectivity index (χ1n) is 7.49. The number of rotatable bonds is 6. The summed E-state index contributed by atoms with van der Waals surface area (Å²) in [5.41, 5.74) is 0.385. The molecule has 0 bridgehead atoms. The molecule has 1 atom stereocenters. The molecule has 0 spiro atoms. The van der Waals surface area contributed by atoms with Gasteiger partial charge in [0.25, 0.3) is 0 Å². The maximum absolute atomic E-state index is 13.2. The second kappa shape index (κ2) is 8.75. The van der Waals surface area contributed by atoms with Gasteiger partial charge in [0, 0.05) is 13.1 Å². The van der Waals surface area contributed by atoms with Crippen LogP contribution in [0.5, 0.6) is 0 Å². The fourth-order valence-corrected chi connectivity index (χ4v) is 4.60. The van der Waals surface area contributed by atoms with Crippen molar-refractivity contribution in [2.75, 3.05) is 26.2 Å². The number of nitrogens with zero attached hydrogens (tertiary/aromatic N) is 1. The Bertz CT molecular complexity index is 684. The number of piperidine rings is 1. The zero-order valence-corrected chi connectivity index (χ0v) is 15.0. The molecule has 9 heteroatoms. The Hall–Kier alpha value is -1.22. The summed E-state index contributed by atoms with van der Waals surface area (Å²) in [5.74, 6) is -1.33. The van der Waals surface area contributed by atoms with Crippen molar-refractivity contribution >= 4 is 28.4 Å². The first kappa shape index (κ1) is 20.8. The Labute approximate surface area is 147 Å². The van der Waals surface area contributed by atoms with Crippen LogP contribution < -0.4 is 5.32 Å². The molecule has 6 nitrogen and oxygen atoms in total. The number of halogens is 2. The molecule has 1 aromatic rings. The standard InChI is InChI=1S/C15H21FN2O4S.ClH/c1-11-7-13(16)4-5-14(11)23(21,22)18-6-2-3-12(10-18)8-17-9-15(19)20;/h4-5,7,12,17H,2-3,6,8-10H2,1H3,(H,19,20);1H. The van der Waals surface area contributed by atoms with E-state index in [4.69, 9.17) is 5.11 Å². The normalized spacial score (nSPS) is 18.8. The lowest BCUT2D eigenvalue weighted by Gasteiger charge is -2.32. The number of aryl methyl sites for hydroxylation is 1. The van der Waals surface area contributed by atoms with Gasteiger partial charge in [0.2, 0.25) is 10.0 Å². The van der Waals surface area contributed by atoms with E-state index in [9.17, 15) is 17.6 Å². The van der Waals surface area contributed by atoms with Crippen molar-refractivity contribution in [3.8, 4) is 0 Å². The van der Waals surface area contributed by atoms with E-state index in [1.165, 1.54) is 16.4 Å². The van der Waals surface area contributed by atoms with E-state index in [1.807, 2.05) is 0 Å². The molecule has 1 fully saturated rings. The van der Waals surface area contributed by atoms with Crippen LogP contribution in [0.25, 0.3) is 0 Å². The Morgan fingerprint density at radius 3 is 2.79 bits per heavy atom. The second-order valence-corrected chi connectivity index (χ2v) is 7.71. The minimum Gasteiger partial charge on any atom is -0.480 e. The summed E-state index contributed by atoms with van der Waals surface area (Å²) in [4.78, 5) is 10.6. The molecule has 0 amide bonds. The fourth-order valence-electron chi connectivity index (χ4n) is 2.84. The van der Waals surface area contributed by atoms with Crippen LogP contribution in [0, 0.1) is 18.7 Å². The number of carbonyl (C=O) groups is 1. The average molecular weight is 381 g/mol. The zero-order valence-electron chi connectivity index (χ0n) is 13.4. The summed E-state index contributed by atoms with van der Waals surface area (Å²) in [7, 11) is -3.66. The van der Waals surface area contributed by atoms with E-state index in [1.54, 1.807) is 6.92 Å². The highest BCUT2D eigenvalue weighted by Gasteiger charge is 2.31. The third kappa shape index (κ3) is 5.14. The molecule has 1 aliphatic rings. The lowest BCUT2D eigenvalue weighted by Crippen LogP contribution is -2.43. The molecule has 1 unspecified atom stereocenters. The number of carboxylic acid groups (broad SMARTS) is 1. The summed E-state index contributed by atoms with van der Waals surface area (Å²) in [5, 5.41) is 11.4. The van der Waals surface area contributed by atoms with Gasteiger partial charge in [-0.1, -0.05) is 0 Å². The quantitative estimate of drug-likeness (QED) is 0.783. The van der Waals surface area contributed by atoms with Crippen molar-refractivity contribution in [1.82, 2.24) is 9.62 Å². The van der Waals surface area contributed by atoms with Crippen LogP contribution in [-0.2, 0) is 14.8 Å². The highest BCUT2D eigenvalue weighted by atomic mass is 35.5. The van der Waals surface area contributed by atoms with Gasteiger partial charge in [-0.25, -0.2) is 12.8 Å². The van der Waals surface area contributed by atoms with Crippen molar-refractivity contribution < 1.29 is 22.7 Å². The number of carboxylic acids is 1. The molecular weight excluding hydrogens is 359 g/mol. The summed E-state index contributed by atoms with van der Waals surface area (Å²) >= 11 is 0. The number of sulfonamides is 1. The third-order valence-corrected chi connectivity index (χ3v) is 5.97. The summed E-state index contributed by atoms with van der Waals surface area (Å²) in [6.45, 7) is 2.66. The number of hydrogen-bond acceptors (Lipinski definition) is 4. The maximum atomic E-state index is 13.2. The van der Waals surface area contributed by atoms with Gasteiger partial charge in [0.15, 0.2) is 0 Å². The predicted molar refractivity (Wildman–Crippen MR) is 90.4 cm³/mol. The van der Waals surface area contributed by atoms with Crippen molar-refractivity contribution in [2.45, 2.75) is 24.7 Å². The highest BCUT2D eigenvalue weighted by Crippen LogP contribution is 2.25. The Kier molecular flexibility index (Phi) is 7.59. The van der Waals surface area contributed by atoms with E-state index < -0.39 is 21.8 Å². The number of nitrogens with one attached hydrogen (secondary N) is 1. The SMILES string of the molecule is Cc1cc(F)ccc1S(=O)(=O)N1CCCC(CNCC(=O)O)C1.Cl. The lowest BCUT2D eigenvalue weighted by molar-refractivity contribution is -0.136. The van der Waals surface area contributed by atoms with Gasteiger partial charge in [-0.15, -0.1) is 12.4 Å². The lowest BCUT2D eigenvalue weighted by atomic mass is 10.00. The molecule has 0 radical (unpaired) electrons. The van der Waals surface area contributed by atoms with Crippen LogP contribution in [0.15, 0.2) is 23.1 Å². The smallest absolute Gasteiger partial charge is 0.317 e. The molecular formula is C15H22ClFN2O4S. The summed E-state index contributed by atoms with van der Waals surface area (Å²) in [6, 6.07) is 3.66. The van der Waals surface area contributed by atoms with Gasteiger partial charge in [-0.2, -0.15) is 4.31 Å². The van der Waals surface area contributed by atoms with Gasteiger partial charge >= 0.3 is 5.97 Å². The van der Waals surface area contributed by atoms with Crippen LogP contribution in [0.2, 0.25) is 0 Å². The van der Waals surface area contributed by atoms with Crippen LogP contribution in [-0.4, -0.2) is 50.0 Å². The van der Waals surface area contributed by atoms with Crippen LogP contribution >= 0.6 is 12.4 Å². The molecule has 2 N–H and O–H groups in total. The van der Waals surface area contributed by atoms with Crippen molar-refractivity contribution in [3.05, 3.63) is 29.6 Å². The average Bonchev–Trinajstić information content (AvgIpc) is 2.46. The molecule has 1 aliphatic heterocycles. The predicted octanol–water partition coefficient (Wildman–Crippen LogP) is 1.63. The maximum Gasteiger partial charge on any atom is 0.317 e. The number of benzene rings is 1. The largest absolute Gasteiger partial charge is 0.480 e. The van der Waals surface area contributed by atoms with Gasteiger partial charge < -0.3 is 10.4 Å². The van der Waals surface area contributed by atoms with E-state index in [-0.39, 0.29) is 29.8 Å². The summed E-state index contributed by atoms with van der Waals surface area (Å²) in [6.07, 6.45) is 1.57. The minimum atomic E-state index is -3.66. The highest BCUT2D eigenvalue weighted by molar-refractivity contribution is 7.89. The molecule has 1 saturated heterocycles. The topological polar surface area (TPSA) is 86.7 Å². The number of aliphatic carboxylic acids is 1. The van der Waals surface area contributed by atoms with E-state index in [2.05, 4.69) is 5.32 Å². The van der Waals surface area contributed by atoms with E-state index in [0.717, 1.165) is 18.9 Å². The Morgan fingerprint density at radius 1 is 1.46 bits per heavy atom. The molecule has 2 rings (SSSR count). The van der Waals surface area contributed by atoms with Crippen molar-refractivity contribution in [2.24, 2.45) is 5.92 Å². The molecule has 1 heterocycles. The Morgan fingerprint density at radius 2 is 2.17 bits per heavy atom. The Balaban J connectivity index is 0.00000288. The van der Waals surface area contributed by atoms with Gasteiger partial charge in [-0.3, -0.25) is 4.79 Å². The van der Waals surface area contributed by atoms with Gasteiger partial charge in [-0.05, 0) is 56.0 Å². The fraction of sp³-hybridized carbons (Fsp3) is 0.533. The van der Waals surface area contributed by atoms with Crippen LogP contribution in [0.4, 0.5) is 4.39 Å². The van der Waals surface area contributed by atoms with E-state index in [0.29, 0.717) is 25.2 Å². The monoisotopic (exact) mass is 380 g/mol. The van der Waals surface area contributed by atoms with Crippen molar-refractivity contribution in [1.29, 1.82) is 0 Å². The van der Waals surface area contributed by atoms with Crippen molar-refractivity contribution in [3.63, 3.8) is 0 Å². The third-order valence-electron chi connectivity index (χ3n) is 3.95. The molecule has 24 heavy (non-hydrogen) atoms. The molecule has 0 aromatic heterocycles. The molecule has 1 aromatic carbocycles. The molecule has 0 aliphatic carbocycles. The first-order valence-corrected chi connectivity index (χ1v) is 8.93. The van der Waals surface area contributed by atoms with Gasteiger partial charge in [0.05, 0.1) is 11.4 Å². The minimum absolute atomic E-state index is 0. The van der Waals surface area contributed by atoms with Crippen LogP contribution in [0.3, 0.4) is 0 Å². The number of hydrogen-bond donors (Lipinski definition) is 2.